The fourth-order valence-corrected chi connectivity index (χ4v) is 3.90. The van der Waals surface area contributed by atoms with Gasteiger partial charge in [0.05, 0.1) is 22.5 Å². The number of carbonyl (C=O) groups excluding carboxylic acids is 3. The average molecular weight is 468 g/mol. The lowest BCUT2D eigenvalue weighted by molar-refractivity contribution is -0.116. The lowest BCUT2D eigenvalue weighted by atomic mass is 10.1. The number of para-hydroxylation sites is 2. The largest absolute Gasteiger partial charge is 0.485 e. The van der Waals surface area contributed by atoms with Crippen LogP contribution < -0.4 is 15.6 Å². The van der Waals surface area contributed by atoms with Gasteiger partial charge in [0.15, 0.2) is 0 Å². The number of benzene rings is 2. The highest BCUT2D eigenvalue weighted by atomic mass is 16.5. The van der Waals surface area contributed by atoms with Crippen molar-refractivity contribution in [1.82, 2.24) is 14.3 Å². The van der Waals surface area contributed by atoms with Gasteiger partial charge < -0.3 is 10.1 Å². The van der Waals surface area contributed by atoms with E-state index in [1.54, 1.807) is 60.8 Å². The Bertz CT molecular complexity index is 1520. The maximum atomic E-state index is 12.7. The lowest BCUT2D eigenvalue weighted by Crippen LogP contribution is -2.37. The topological polar surface area (TPSA) is 110 Å². The summed E-state index contributed by atoms with van der Waals surface area (Å²) in [7, 11) is 0. The highest BCUT2D eigenvalue weighted by Gasteiger charge is 2.36. The van der Waals surface area contributed by atoms with E-state index in [2.05, 4.69) is 10.3 Å². The number of amides is 3. The molecule has 0 spiro atoms. The van der Waals surface area contributed by atoms with Crippen LogP contribution in [-0.2, 0) is 11.4 Å². The van der Waals surface area contributed by atoms with Crippen LogP contribution in [0.5, 0.6) is 5.75 Å². The van der Waals surface area contributed by atoms with Gasteiger partial charge in [0.1, 0.15) is 24.5 Å². The number of nitrogens with one attached hydrogen (secondary N) is 1. The van der Waals surface area contributed by atoms with Crippen LogP contribution in [0.3, 0.4) is 0 Å². The third-order valence-electron chi connectivity index (χ3n) is 5.58. The van der Waals surface area contributed by atoms with E-state index in [1.807, 2.05) is 13.0 Å². The number of aromatic nitrogens is 2. The minimum atomic E-state index is -0.548. The number of pyridine rings is 1. The summed E-state index contributed by atoms with van der Waals surface area (Å²) in [6.07, 6.45) is 1.72. The van der Waals surface area contributed by atoms with E-state index in [1.165, 1.54) is 10.5 Å². The molecule has 2 aromatic heterocycles. The van der Waals surface area contributed by atoms with Crippen molar-refractivity contribution >= 4 is 29.1 Å². The number of rotatable bonds is 6. The van der Waals surface area contributed by atoms with Crippen LogP contribution in [0, 0.1) is 6.92 Å². The lowest BCUT2D eigenvalue weighted by Gasteiger charge is -2.16. The van der Waals surface area contributed by atoms with Gasteiger partial charge in [0.25, 0.3) is 17.4 Å². The van der Waals surface area contributed by atoms with Gasteiger partial charge in [0, 0.05) is 12.3 Å². The van der Waals surface area contributed by atoms with E-state index in [4.69, 9.17) is 4.74 Å². The van der Waals surface area contributed by atoms with Crippen molar-refractivity contribution in [3.8, 4) is 5.75 Å². The van der Waals surface area contributed by atoms with Crippen LogP contribution in [0.4, 0.5) is 5.69 Å². The molecule has 2 aromatic carbocycles. The van der Waals surface area contributed by atoms with E-state index < -0.39 is 24.3 Å². The van der Waals surface area contributed by atoms with Crippen molar-refractivity contribution in [2.75, 3.05) is 11.9 Å². The number of hydrogen-bond donors (Lipinski definition) is 1. The minimum absolute atomic E-state index is 0.00487. The molecule has 35 heavy (non-hydrogen) atoms. The third kappa shape index (κ3) is 4.26. The Morgan fingerprint density at radius 2 is 1.63 bits per heavy atom. The molecule has 174 valence electrons. The molecule has 0 aliphatic carbocycles. The average Bonchev–Trinajstić information content (AvgIpc) is 3.09. The Labute approximate surface area is 199 Å². The molecule has 0 bridgehead atoms. The molecule has 0 atom stereocenters. The minimum Gasteiger partial charge on any atom is -0.485 e. The van der Waals surface area contributed by atoms with Gasteiger partial charge in [-0.25, -0.2) is 4.98 Å². The fraction of sp³-hybridized carbons (Fsp3) is 0.115. The Balaban J connectivity index is 1.29. The number of carbonyl (C=O) groups is 3. The predicted molar refractivity (Wildman–Crippen MR) is 127 cm³/mol. The van der Waals surface area contributed by atoms with Crippen LogP contribution in [0.2, 0.25) is 0 Å². The molecule has 0 saturated heterocycles. The molecular weight excluding hydrogens is 448 g/mol. The quantitative estimate of drug-likeness (QED) is 0.436. The van der Waals surface area contributed by atoms with Crippen molar-refractivity contribution in [2.45, 2.75) is 13.5 Å². The molecular formula is C26H20N4O5. The van der Waals surface area contributed by atoms with Crippen molar-refractivity contribution in [1.29, 1.82) is 0 Å². The normalized spacial score (nSPS) is 12.7. The molecule has 3 amide bonds. The highest BCUT2D eigenvalue weighted by Crippen LogP contribution is 2.26. The Hall–Kier alpha value is -4.79. The fourth-order valence-electron chi connectivity index (χ4n) is 3.90. The molecule has 0 fully saturated rings. The van der Waals surface area contributed by atoms with E-state index in [0.29, 0.717) is 22.8 Å². The standard InChI is InChI=1S/C26H20N4O5/c1-16-10-11-22-27-17(12-24(32)29(22)13-16)15-35-21-9-5-4-8-20(21)28-23(31)14-30-25(33)18-6-2-3-7-19(18)26(30)34/h2-13H,14-15H2,1H3,(H,28,31). The smallest absolute Gasteiger partial charge is 0.262 e. The second kappa shape index (κ2) is 8.86. The first-order valence-corrected chi connectivity index (χ1v) is 10.9. The monoisotopic (exact) mass is 468 g/mol. The number of aryl methyl sites for hydroxylation is 1. The summed E-state index contributed by atoms with van der Waals surface area (Å²) in [5.41, 5.74) is 2.58. The van der Waals surface area contributed by atoms with Crippen LogP contribution in [0.1, 0.15) is 32.0 Å². The van der Waals surface area contributed by atoms with Gasteiger partial charge in [-0.3, -0.25) is 28.5 Å². The summed E-state index contributed by atoms with van der Waals surface area (Å²) >= 11 is 0. The maximum Gasteiger partial charge on any atom is 0.262 e. The molecule has 0 saturated carbocycles. The third-order valence-corrected chi connectivity index (χ3v) is 5.58. The highest BCUT2D eigenvalue weighted by molar-refractivity contribution is 6.22. The summed E-state index contributed by atoms with van der Waals surface area (Å²) in [5, 5.41) is 2.69. The van der Waals surface area contributed by atoms with Gasteiger partial charge in [-0.05, 0) is 42.8 Å². The van der Waals surface area contributed by atoms with E-state index >= 15 is 0 Å². The van der Waals surface area contributed by atoms with Crippen molar-refractivity contribution in [3.63, 3.8) is 0 Å². The van der Waals surface area contributed by atoms with E-state index in [9.17, 15) is 19.2 Å². The van der Waals surface area contributed by atoms with Crippen molar-refractivity contribution < 1.29 is 19.1 Å². The van der Waals surface area contributed by atoms with Crippen LogP contribution in [-0.4, -0.2) is 38.6 Å². The molecule has 9 nitrogen and oxygen atoms in total. The predicted octanol–water partition coefficient (Wildman–Crippen LogP) is 2.82. The maximum absolute atomic E-state index is 12.7. The SMILES string of the molecule is Cc1ccc2nc(COc3ccccc3NC(=O)CN3C(=O)c4ccccc4C3=O)cc(=O)n2c1. The van der Waals surface area contributed by atoms with E-state index in [-0.39, 0.29) is 23.3 Å². The second-order valence-corrected chi connectivity index (χ2v) is 8.10. The van der Waals surface area contributed by atoms with Crippen molar-refractivity contribution in [3.05, 3.63) is 106 Å². The van der Waals surface area contributed by atoms with Gasteiger partial charge in [-0.2, -0.15) is 0 Å². The number of nitrogens with zero attached hydrogens (tertiary/aromatic N) is 3. The summed E-state index contributed by atoms with van der Waals surface area (Å²) in [4.78, 5) is 55.5. The Morgan fingerprint density at radius 3 is 2.37 bits per heavy atom. The molecule has 3 heterocycles. The molecule has 5 rings (SSSR count). The first kappa shape index (κ1) is 22.0. The number of hydrogen-bond acceptors (Lipinski definition) is 6. The molecule has 1 N–H and O–H groups in total. The Morgan fingerprint density at radius 1 is 0.943 bits per heavy atom. The van der Waals surface area contributed by atoms with Gasteiger partial charge in [-0.1, -0.05) is 30.3 Å². The van der Waals surface area contributed by atoms with Crippen LogP contribution in [0.25, 0.3) is 5.65 Å². The van der Waals surface area contributed by atoms with Gasteiger partial charge >= 0.3 is 0 Å². The number of anilines is 1. The zero-order valence-electron chi connectivity index (χ0n) is 18.7. The zero-order valence-corrected chi connectivity index (χ0v) is 18.7. The number of fused-ring (bicyclic) bond motifs is 2. The molecule has 0 radical (unpaired) electrons. The summed E-state index contributed by atoms with van der Waals surface area (Å²) in [5.74, 6) is -1.20. The van der Waals surface area contributed by atoms with Crippen LogP contribution >= 0.6 is 0 Å². The van der Waals surface area contributed by atoms with Gasteiger partial charge in [-0.15, -0.1) is 0 Å². The number of ether oxygens (including phenoxy) is 1. The second-order valence-electron chi connectivity index (χ2n) is 8.10. The molecule has 9 heteroatoms. The summed E-state index contributed by atoms with van der Waals surface area (Å²) in [6, 6.07) is 18.2. The Kier molecular flexibility index (Phi) is 5.58. The first-order chi connectivity index (χ1) is 16.9. The van der Waals surface area contributed by atoms with Gasteiger partial charge in [0.2, 0.25) is 5.91 Å². The number of imide groups is 1. The molecule has 0 unspecified atom stereocenters. The molecule has 1 aliphatic heterocycles. The first-order valence-electron chi connectivity index (χ1n) is 10.9. The van der Waals surface area contributed by atoms with E-state index in [0.717, 1.165) is 10.5 Å². The summed E-state index contributed by atoms with van der Waals surface area (Å²) in [6.45, 7) is 1.47. The zero-order chi connectivity index (χ0) is 24.5. The van der Waals surface area contributed by atoms with Crippen molar-refractivity contribution in [2.24, 2.45) is 0 Å². The molecule has 4 aromatic rings. The molecule has 1 aliphatic rings. The van der Waals surface area contributed by atoms with Crippen LogP contribution in [0.15, 0.2) is 77.7 Å². The summed E-state index contributed by atoms with van der Waals surface area (Å²) < 4.78 is 7.31.